The highest BCUT2D eigenvalue weighted by Crippen LogP contribution is 2.37. The van der Waals surface area contributed by atoms with Crippen LogP contribution in [0.5, 0.6) is 0 Å². The lowest BCUT2D eigenvalue weighted by molar-refractivity contribution is -0.134. The Morgan fingerprint density at radius 2 is 1.78 bits per heavy atom. The average molecular weight is 305 g/mol. The molecule has 0 fully saturated rings. The molecule has 0 bridgehead atoms. The SMILES string of the molecule is COC(=O)/C=C1/C(N(C)Cc2ccccc2)=Cc2ccccc21. The molecular formula is C20H19NO2. The molecular weight excluding hydrogens is 286 g/mol. The smallest absolute Gasteiger partial charge is 0.331 e. The van der Waals surface area contributed by atoms with Gasteiger partial charge in [0, 0.05) is 30.9 Å². The van der Waals surface area contributed by atoms with Crippen LogP contribution in [0.3, 0.4) is 0 Å². The van der Waals surface area contributed by atoms with E-state index in [-0.39, 0.29) is 5.97 Å². The summed E-state index contributed by atoms with van der Waals surface area (Å²) in [5.41, 5.74) is 5.35. The van der Waals surface area contributed by atoms with Crippen LogP contribution >= 0.6 is 0 Å². The number of methoxy groups -OCH3 is 1. The van der Waals surface area contributed by atoms with E-state index < -0.39 is 0 Å². The summed E-state index contributed by atoms with van der Waals surface area (Å²) < 4.78 is 4.81. The van der Waals surface area contributed by atoms with Gasteiger partial charge in [-0.2, -0.15) is 0 Å². The zero-order valence-corrected chi connectivity index (χ0v) is 13.3. The topological polar surface area (TPSA) is 29.5 Å². The summed E-state index contributed by atoms with van der Waals surface area (Å²) >= 11 is 0. The molecule has 1 aliphatic rings. The first-order valence-corrected chi connectivity index (χ1v) is 7.55. The molecule has 3 nitrogen and oxygen atoms in total. The third kappa shape index (κ3) is 3.19. The molecule has 0 unspecified atom stereocenters. The van der Waals surface area contributed by atoms with Crippen molar-refractivity contribution in [2.75, 3.05) is 14.2 Å². The van der Waals surface area contributed by atoms with Gasteiger partial charge in [-0.05, 0) is 22.8 Å². The van der Waals surface area contributed by atoms with Gasteiger partial charge in [0.25, 0.3) is 0 Å². The van der Waals surface area contributed by atoms with Crippen LogP contribution in [0.2, 0.25) is 0 Å². The van der Waals surface area contributed by atoms with Crippen molar-refractivity contribution in [3.8, 4) is 0 Å². The molecule has 2 aromatic rings. The van der Waals surface area contributed by atoms with Crippen molar-refractivity contribution in [3.05, 3.63) is 83.1 Å². The second-order valence-corrected chi connectivity index (χ2v) is 5.54. The van der Waals surface area contributed by atoms with E-state index >= 15 is 0 Å². The molecule has 0 aromatic heterocycles. The summed E-state index contributed by atoms with van der Waals surface area (Å²) in [6, 6.07) is 18.4. The molecule has 3 heteroatoms. The lowest BCUT2D eigenvalue weighted by Gasteiger charge is -2.22. The van der Waals surface area contributed by atoms with Gasteiger partial charge in [0.1, 0.15) is 0 Å². The predicted molar refractivity (Wildman–Crippen MR) is 92.3 cm³/mol. The van der Waals surface area contributed by atoms with Crippen molar-refractivity contribution >= 4 is 17.6 Å². The zero-order valence-electron chi connectivity index (χ0n) is 13.3. The molecule has 3 rings (SSSR count). The van der Waals surface area contributed by atoms with E-state index in [4.69, 9.17) is 4.74 Å². The number of carbonyl (C=O) groups is 1. The summed E-state index contributed by atoms with van der Waals surface area (Å²) in [4.78, 5) is 13.9. The predicted octanol–water partition coefficient (Wildman–Crippen LogP) is 3.73. The summed E-state index contributed by atoms with van der Waals surface area (Å²) in [5.74, 6) is -0.337. The van der Waals surface area contributed by atoms with Crippen LogP contribution in [0.1, 0.15) is 16.7 Å². The fourth-order valence-corrected chi connectivity index (χ4v) is 2.82. The summed E-state index contributed by atoms with van der Waals surface area (Å²) in [7, 11) is 3.44. The Kier molecular flexibility index (Phi) is 4.29. The van der Waals surface area contributed by atoms with Gasteiger partial charge in [0.05, 0.1) is 7.11 Å². The van der Waals surface area contributed by atoms with E-state index in [0.29, 0.717) is 0 Å². The number of esters is 1. The number of carbonyl (C=O) groups excluding carboxylic acids is 1. The minimum absolute atomic E-state index is 0.337. The van der Waals surface area contributed by atoms with E-state index in [0.717, 1.165) is 28.9 Å². The first-order valence-electron chi connectivity index (χ1n) is 7.55. The van der Waals surface area contributed by atoms with Crippen LogP contribution in [0.15, 0.2) is 66.4 Å². The second kappa shape index (κ2) is 6.53. The van der Waals surface area contributed by atoms with Crippen molar-refractivity contribution in [1.29, 1.82) is 0 Å². The van der Waals surface area contributed by atoms with E-state index in [9.17, 15) is 4.79 Å². The highest BCUT2D eigenvalue weighted by molar-refractivity contribution is 6.02. The highest BCUT2D eigenvalue weighted by atomic mass is 16.5. The molecule has 0 radical (unpaired) electrons. The van der Waals surface area contributed by atoms with Gasteiger partial charge < -0.3 is 9.64 Å². The van der Waals surface area contributed by atoms with E-state index in [1.807, 2.05) is 43.4 Å². The fourth-order valence-electron chi connectivity index (χ4n) is 2.82. The van der Waals surface area contributed by atoms with Crippen molar-refractivity contribution in [3.63, 3.8) is 0 Å². The molecule has 0 aliphatic heterocycles. The number of hydrogen-bond donors (Lipinski definition) is 0. The molecule has 0 saturated heterocycles. The van der Waals surface area contributed by atoms with Gasteiger partial charge in [-0.15, -0.1) is 0 Å². The number of fused-ring (bicyclic) bond motifs is 1. The van der Waals surface area contributed by atoms with Crippen LogP contribution in [-0.2, 0) is 16.1 Å². The van der Waals surface area contributed by atoms with Crippen LogP contribution in [0, 0.1) is 0 Å². The van der Waals surface area contributed by atoms with E-state index in [1.165, 1.54) is 12.7 Å². The molecule has 116 valence electrons. The fraction of sp³-hybridized carbons (Fsp3) is 0.150. The summed E-state index contributed by atoms with van der Waals surface area (Å²) in [6.07, 6.45) is 3.69. The van der Waals surface area contributed by atoms with Crippen molar-refractivity contribution < 1.29 is 9.53 Å². The number of nitrogens with zero attached hydrogens (tertiary/aromatic N) is 1. The zero-order chi connectivity index (χ0) is 16.2. The van der Waals surface area contributed by atoms with Crippen LogP contribution in [-0.4, -0.2) is 25.0 Å². The maximum Gasteiger partial charge on any atom is 0.331 e. The molecule has 0 spiro atoms. The number of likely N-dealkylation sites (N-methyl/N-ethyl adjacent to an activating group) is 1. The molecule has 0 heterocycles. The van der Waals surface area contributed by atoms with Gasteiger partial charge in [-0.3, -0.25) is 0 Å². The Bertz CT molecular complexity index is 775. The van der Waals surface area contributed by atoms with Gasteiger partial charge in [0.2, 0.25) is 0 Å². The van der Waals surface area contributed by atoms with Gasteiger partial charge >= 0.3 is 5.97 Å². The van der Waals surface area contributed by atoms with Crippen LogP contribution in [0.25, 0.3) is 11.6 Å². The standard InChI is InChI=1S/C20H19NO2/c1-21(14-15-8-4-3-5-9-15)19-12-16-10-6-7-11-17(16)18(19)13-20(22)23-2/h3-13H,14H2,1-2H3/b18-13+. The number of allylic oxidation sites excluding steroid dienone is 1. The molecule has 23 heavy (non-hydrogen) atoms. The lowest BCUT2D eigenvalue weighted by atomic mass is 10.0. The molecule has 0 atom stereocenters. The van der Waals surface area contributed by atoms with Gasteiger partial charge in [-0.1, -0.05) is 54.6 Å². The van der Waals surface area contributed by atoms with E-state index in [1.54, 1.807) is 6.08 Å². The van der Waals surface area contributed by atoms with Crippen LogP contribution < -0.4 is 0 Å². The second-order valence-electron chi connectivity index (χ2n) is 5.54. The average Bonchev–Trinajstić information content (AvgIpc) is 2.94. The normalized spacial score (nSPS) is 14.3. The molecule has 0 N–H and O–H groups in total. The molecule has 0 saturated carbocycles. The van der Waals surface area contributed by atoms with Crippen molar-refractivity contribution in [1.82, 2.24) is 4.90 Å². The summed E-state index contributed by atoms with van der Waals surface area (Å²) in [5, 5.41) is 0. The summed E-state index contributed by atoms with van der Waals surface area (Å²) in [6.45, 7) is 0.777. The van der Waals surface area contributed by atoms with Crippen LogP contribution in [0.4, 0.5) is 0 Å². The molecule has 1 aliphatic carbocycles. The minimum atomic E-state index is -0.337. The van der Waals surface area contributed by atoms with Gasteiger partial charge in [-0.25, -0.2) is 4.79 Å². The van der Waals surface area contributed by atoms with Crippen molar-refractivity contribution in [2.45, 2.75) is 6.54 Å². The number of rotatable bonds is 4. The third-order valence-corrected chi connectivity index (χ3v) is 3.96. The Balaban J connectivity index is 1.94. The maximum absolute atomic E-state index is 11.8. The maximum atomic E-state index is 11.8. The molecule has 2 aromatic carbocycles. The number of ether oxygens (including phenoxy) is 1. The molecule has 0 amide bonds. The Hall–Kier alpha value is -2.81. The first kappa shape index (κ1) is 15.1. The lowest BCUT2D eigenvalue weighted by Crippen LogP contribution is -2.17. The van der Waals surface area contributed by atoms with Crippen molar-refractivity contribution in [2.24, 2.45) is 0 Å². The van der Waals surface area contributed by atoms with Gasteiger partial charge in [0.15, 0.2) is 0 Å². The quantitative estimate of drug-likeness (QED) is 0.637. The Morgan fingerprint density at radius 3 is 2.52 bits per heavy atom. The van der Waals surface area contributed by atoms with E-state index in [2.05, 4.69) is 29.2 Å². The number of benzene rings is 2. The third-order valence-electron chi connectivity index (χ3n) is 3.96. The monoisotopic (exact) mass is 305 g/mol. The Morgan fingerprint density at radius 1 is 1.09 bits per heavy atom. The largest absolute Gasteiger partial charge is 0.466 e. The first-order chi connectivity index (χ1) is 11.2. The minimum Gasteiger partial charge on any atom is -0.466 e. The highest BCUT2D eigenvalue weighted by Gasteiger charge is 2.22. The number of hydrogen-bond acceptors (Lipinski definition) is 3. The Labute approximate surface area is 136 Å².